The van der Waals surface area contributed by atoms with Gasteiger partial charge >= 0.3 is 5.97 Å². The lowest BCUT2D eigenvalue weighted by atomic mass is 10.4. The van der Waals surface area contributed by atoms with E-state index >= 15 is 0 Å². The summed E-state index contributed by atoms with van der Waals surface area (Å²) < 4.78 is 6.61. The van der Waals surface area contributed by atoms with E-state index in [2.05, 4.69) is 15.0 Å². The molecule has 0 aliphatic heterocycles. The number of H-pyrrole nitrogens is 1. The maximum Gasteiger partial charge on any atom is 0.360 e. The second-order valence-corrected chi connectivity index (χ2v) is 3.74. The van der Waals surface area contributed by atoms with Crippen LogP contribution in [-0.4, -0.2) is 32.1 Å². The van der Waals surface area contributed by atoms with E-state index in [4.69, 9.17) is 10.5 Å². The molecule has 2 aromatic heterocycles. The SMILES string of the molecule is CCOC(=O)c1nc(C)n(Cc2ncc[nH]2)c1N. The lowest BCUT2D eigenvalue weighted by molar-refractivity contribution is 0.0521. The first-order chi connectivity index (χ1) is 8.63. The number of anilines is 1. The molecule has 0 unspecified atom stereocenters. The second kappa shape index (κ2) is 4.91. The van der Waals surface area contributed by atoms with Gasteiger partial charge in [-0.1, -0.05) is 0 Å². The average Bonchev–Trinajstić information content (AvgIpc) is 2.93. The second-order valence-electron chi connectivity index (χ2n) is 3.74. The Labute approximate surface area is 104 Å². The van der Waals surface area contributed by atoms with Crippen molar-refractivity contribution in [3.8, 4) is 0 Å². The molecule has 0 aliphatic carbocycles. The number of esters is 1. The quantitative estimate of drug-likeness (QED) is 0.778. The number of aromatic amines is 1. The number of aryl methyl sites for hydroxylation is 1. The smallest absolute Gasteiger partial charge is 0.360 e. The van der Waals surface area contributed by atoms with Crippen LogP contribution in [0.1, 0.15) is 29.1 Å². The van der Waals surface area contributed by atoms with Crippen molar-refractivity contribution in [1.82, 2.24) is 19.5 Å². The molecule has 0 fully saturated rings. The highest BCUT2D eigenvalue weighted by Crippen LogP contribution is 2.16. The van der Waals surface area contributed by atoms with Gasteiger partial charge < -0.3 is 20.0 Å². The number of imidazole rings is 2. The van der Waals surface area contributed by atoms with Gasteiger partial charge in [0, 0.05) is 12.4 Å². The molecule has 7 heteroatoms. The number of nitrogens with two attached hydrogens (primary N) is 1. The van der Waals surface area contributed by atoms with Crippen LogP contribution in [-0.2, 0) is 11.3 Å². The highest BCUT2D eigenvalue weighted by molar-refractivity contribution is 5.92. The molecule has 0 spiro atoms. The van der Waals surface area contributed by atoms with Crippen molar-refractivity contribution in [2.45, 2.75) is 20.4 Å². The van der Waals surface area contributed by atoms with Crippen molar-refractivity contribution in [3.63, 3.8) is 0 Å². The zero-order chi connectivity index (χ0) is 13.1. The molecule has 2 aromatic rings. The third-order valence-corrected chi connectivity index (χ3v) is 2.53. The zero-order valence-electron chi connectivity index (χ0n) is 10.3. The lowest BCUT2D eigenvalue weighted by Gasteiger charge is -2.05. The molecule has 0 atom stereocenters. The third-order valence-electron chi connectivity index (χ3n) is 2.53. The molecule has 0 aromatic carbocycles. The van der Waals surface area contributed by atoms with Crippen molar-refractivity contribution in [3.05, 3.63) is 29.7 Å². The van der Waals surface area contributed by atoms with E-state index < -0.39 is 5.97 Å². The molecule has 0 radical (unpaired) electrons. The van der Waals surface area contributed by atoms with E-state index in [-0.39, 0.29) is 5.69 Å². The van der Waals surface area contributed by atoms with Gasteiger partial charge in [-0.3, -0.25) is 0 Å². The van der Waals surface area contributed by atoms with Crippen molar-refractivity contribution in [2.75, 3.05) is 12.3 Å². The fourth-order valence-electron chi connectivity index (χ4n) is 1.67. The first-order valence-corrected chi connectivity index (χ1v) is 5.61. The van der Waals surface area contributed by atoms with Crippen LogP contribution in [0.4, 0.5) is 5.82 Å². The summed E-state index contributed by atoms with van der Waals surface area (Å²) in [7, 11) is 0. The van der Waals surface area contributed by atoms with E-state index in [1.807, 2.05) is 0 Å². The first-order valence-electron chi connectivity index (χ1n) is 5.61. The minimum absolute atomic E-state index is 0.154. The highest BCUT2D eigenvalue weighted by Gasteiger charge is 2.19. The molecule has 0 aliphatic rings. The van der Waals surface area contributed by atoms with E-state index in [1.54, 1.807) is 30.8 Å². The molecule has 0 bridgehead atoms. The maximum absolute atomic E-state index is 11.6. The number of hydrogen-bond donors (Lipinski definition) is 2. The van der Waals surface area contributed by atoms with Crippen molar-refractivity contribution in [1.29, 1.82) is 0 Å². The van der Waals surface area contributed by atoms with Crippen LogP contribution in [0.5, 0.6) is 0 Å². The summed E-state index contributed by atoms with van der Waals surface area (Å²) in [6, 6.07) is 0. The van der Waals surface area contributed by atoms with Gasteiger partial charge in [0.05, 0.1) is 13.2 Å². The molecule has 3 N–H and O–H groups in total. The Kier molecular flexibility index (Phi) is 3.31. The molecule has 2 heterocycles. The van der Waals surface area contributed by atoms with Crippen LogP contribution in [0.3, 0.4) is 0 Å². The monoisotopic (exact) mass is 249 g/mol. The summed E-state index contributed by atoms with van der Waals surface area (Å²) in [6.45, 7) is 4.25. The predicted molar refractivity (Wildman–Crippen MR) is 65.0 cm³/mol. The average molecular weight is 249 g/mol. The topological polar surface area (TPSA) is 98.8 Å². The lowest BCUT2D eigenvalue weighted by Crippen LogP contribution is -2.11. The number of nitrogens with zero attached hydrogens (tertiary/aromatic N) is 3. The van der Waals surface area contributed by atoms with Gasteiger partial charge in [-0.2, -0.15) is 0 Å². The number of carbonyl (C=O) groups excluding carboxylic acids is 1. The van der Waals surface area contributed by atoms with E-state index in [1.165, 1.54) is 0 Å². The van der Waals surface area contributed by atoms with Crippen molar-refractivity contribution >= 4 is 11.8 Å². The number of ether oxygens (including phenoxy) is 1. The molecule has 18 heavy (non-hydrogen) atoms. The van der Waals surface area contributed by atoms with Crippen LogP contribution >= 0.6 is 0 Å². The Balaban J connectivity index is 2.29. The van der Waals surface area contributed by atoms with E-state index in [0.717, 1.165) is 5.82 Å². The van der Waals surface area contributed by atoms with Crippen molar-refractivity contribution < 1.29 is 9.53 Å². The van der Waals surface area contributed by atoms with Gasteiger partial charge in [0.2, 0.25) is 0 Å². The molecule has 0 amide bonds. The Bertz CT molecular complexity index is 544. The standard InChI is InChI=1S/C11H15N5O2/c1-3-18-11(17)9-10(12)16(7(2)15-9)6-8-13-4-5-14-8/h4-5H,3,6,12H2,1-2H3,(H,13,14). The van der Waals surface area contributed by atoms with Gasteiger partial charge in [-0.05, 0) is 13.8 Å². The van der Waals surface area contributed by atoms with Gasteiger partial charge in [0.15, 0.2) is 5.69 Å². The number of nitrogens with one attached hydrogen (secondary N) is 1. The van der Waals surface area contributed by atoms with Crippen LogP contribution in [0.15, 0.2) is 12.4 Å². The van der Waals surface area contributed by atoms with Crippen molar-refractivity contribution in [2.24, 2.45) is 0 Å². The summed E-state index contributed by atoms with van der Waals surface area (Å²) >= 11 is 0. The summed E-state index contributed by atoms with van der Waals surface area (Å²) in [4.78, 5) is 22.8. The molecule has 2 rings (SSSR count). The summed E-state index contributed by atoms with van der Waals surface area (Å²) in [5.74, 6) is 1.18. The van der Waals surface area contributed by atoms with Crippen LogP contribution in [0.2, 0.25) is 0 Å². The van der Waals surface area contributed by atoms with Crippen LogP contribution in [0.25, 0.3) is 0 Å². The summed E-state index contributed by atoms with van der Waals surface area (Å²) in [5.41, 5.74) is 6.06. The van der Waals surface area contributed by atoms with Gasteiger partial charge in [0.25, 0.3) is 0 Å². The minimum atomic E-state index is -0.503. The largest absolute Gasteiger partial charge is 0.461 e. The number of nitrogen functional groups attached to an aromatic ring is 1. The fraction of sp³-hybridized carbons (Fsp3) is 0.364. The third kappa shape index (κ3) is 2.20. The van der Waals surface area contributed by atoms with E-state index in [9.17, 15) is 4.79 Å². The molecule has 0 saturated carbocycles. The van der Waals surface area contributed by atoms with Gasteiger partial charge in [0.1, 0.15) is 17.5 Å². The van der Waals surface area contributed by atoms with Gasteiger partial charge in [-0.15, -0.1) is 0 Å². The van der Waals surface area contributed by atoms with Crippen LogP contribution < -0.4 is 5.73 Å². The maximum atomic E-state index is 11.6. The number of aromatic nitrogens is 4. The van der Waals surface area contributed by atoms with Crippen LogP contribution in [0, 0.1) is 6.92 Å². The Morgan fingerprint density at radius 2 is 2.39 bits per heavy atom. The molecular formula is C11H15N5O2. The predicted octanol–water partition coefficient (Wildman–Crippen LogP) is 0.722. The van der Waals surface area contributed by atoms with E-state index in [0.29, 0.717) is 24.8 Å². The Morgan fingerprint density at radius 1 is 1.61 bits per heavy atom. The number of hydrogen-bond acceptors (Lipinski definition) is 5. The van der Waals surface area contributed by atoms with Gasteiger partial charge in [-0.25, -0.2) is 14.8 Å². The normalized spacial score (nSPS) is 10.6. The molecule has 7 nitrogen and oxygen atoms in total. The number of carbonyl (C=O) groups is 1. The first kappa shape index (κ1) is 12.2. The summed E-state index contributed by atoms with van der Waals surface area (Å²) in [6.07, 6.45) is 3.38. The highest BCUT2D eigenvalue weighted by atomic mass is 16.5. The Morgan fingerprint density at radius 3 is 3.00 bits per heavy atom. The molecule has 96 valence electrons. The molecule has 0 saturated heterocycles. The number of rotatable bonds is 4. The zero-order valence-corrected chi connectivity index (χ0v) is 10.3. The summed E-state index contributed by atoms with van der Waals surface area (Å²) in [5, 5.41) is 0. The minimum Gasteiger partial charge on any atom is -0.461 e. The Hall–Kier alpha value is -2.31. The fourth-order valence-corrected chi connectivity index (χ4v) is 1.67. The molecular weight excluding hydrogens is 234 g/mol.